The topological polar surface area (TPSA) is 54.6 Å². The van der Waals surface area contributed by atoms with Crippen LogP contribution in [0.5, 0.6) is 5.75 Å². The third-order valence-electron chi connectivity index (χ3n) is 4.46. The van der Waals surface area contributed by atoms with Crippen LogP contribution in [0.3, 0.4) is 0 Å². The molecule has 2 fully saturated rings. The zero-order chi connectivity index (χ0) is 14.8. The van der Waals surface area contributed by atoms with Crippen molar-refractivity contribution in [2.24, 2.45) is 0 Å². The first kappa shape index (κ1) is 13.7. The van der Waals surface area contributed by atoms with Gasteiger partial charge in [-0.1, -0.05) is 0 Å². The Morgan fingerprint density at radius 2 is 2.14 bits per heavy atom. The van der Waals surface area contributed by atoms with E-state index < -0.39 is 0 Å². The van der Waals surface area contributed by atoms with Gasteiger partial charge >= 0.3 is 0 Å². The summed E-state index contributed by atoms with van der Waals surface area (Å²) in [5.41, 5.74) is 0. The minimum absolute atomic E-state index is 0.236. The summed E-state index contributed by atoms with van der Waals surface area (Å²) in [5, 5.41) is 0. The highest BCUT2D eigenvalue weighted by Crippen LogP contribution is 2.26. The summed E-state index contributed by atoms with van der Waals surface area (Å²) in [4.78, 5) is 13.0. The van der Waals surface area contributed by atoms with Gasteiger partial charge in [0.25, 0.3) is 0 Å². The van der Waals surface area contributed by atoms with Gasteiger partial charge in [0, 0.05) is 38.6 Å². The predicted octanol–water partition coefficient (Wildman–Crippen LogP) is 1.41. The average molecular weight is 300 g/mol. The maximum absolute atomic E-state index is 6.00. The number of hydrogen-bond acceptors (Lipinski definition) is 6. The standard InChI is InChI=1S/C16H20N4O2/c1-2-14(21-5-1)10-19-3-4-20-11-15(6-13(20)9-19)22-16-7-17-12-18-8-16/h1-2,5,7-8,12-13,15H,3-4,6,9-11H2. The number of furan rings is 1. The van der Waals surface area contributed by atoms with Gasteiger partial charge in [0.2, 0.25) is 0 Å². The van der Waals surface area contributed by atoms with Crippen LogP contribution in [0.4, 0.5) is 0 Å². The summed E-state index contributed by atoms with van der Waals surface area (Å²) >= 11 is 0. The first-order chi connectivity index (χ1) is 10.9. The second kappa shape index (κ2) is 6.06. The van der Waals surface area contributed by atoms with E-state index in [1.807, 2.05) is 12.1 Å². The van der Waals surface area contributed by atoms with Gasteiger partial charge in [-0.25, -0.2) is 9.97 Å². The summed E-state index contributed by atoms with van der Waals surface area (Å²) < 4.78 is 11.5. The largest absolute Gasteiger partial charge is 0.486 e. The highest BCUT2D eigenvalue weighted by Gasteiger charge is 2.37. The van der Waals surface area contributed by atoms with Crippen LogP contribution in [-0.2, 0) is 6.54 Å². The SMILES string of the molecule is c1coc(CN2CCN3CC(Oc4cncnc4)CC3C2)c1. The van der Waals surface area contributed by atoms with E-state index in [1.54, 1.807) is 18.7 Å². The second-order valence-corrected chi connectivity index (χ2v) is 6.01. The Hall–Kier alpha value is -1.92. The molecule has 116 valence electrons. The zero-order valence-corrected chi connectivity index (χ0v) is 12.5. The lowest BCUT2D eigenvalue weighted by molar-refractivity contribution is 0.0927. The number of piperazine rings is 1. The molecule has 0 amide bonds. The van der Waals surface area contributed by atoms with Gasteiger partial charge in [0.1, 0.15) is 18.2 Å². The summed E-state index contributed by atoms with van der Waals surface area (Å²) in [6.45, 7) is 5.14. The van der Waals surface area contributed by atoms with Crippen LogP contribution in [0, 0.1) is 0 Å². The fourth-order valence-electron chi connectivity index (χ4n) is 3.45. The Balaban J connectivity index is 1.33. The second-order valence-electron chi connectivity index (χ2n) is 6.01. The van der Waals surface area contributed by atoms with Gasteiger partial charge in [-0.3, -0.25) is 9.80 Å². The molecule has 2 aromatic rings. The van der Waals surface area contributed by atoms with E-state index in [-0.39, 0.29) is 6.10 Å². The molecule has 0 radical (unpaired) electrons. The van der Waals surface area contributed by atoms with E-state index >= 15 is 0 Å². The lowest BCUT2D eigenvalue weighted by atomic mass is 10.1. The van der Waals surface area contributed by atoms with Gasteiger partial charge in [-0.15, -0.1) is 0 Å². The molecule has 0 aromatic carbocycles. The van der Waals surface area contributed by atoms with Gasteiger partial charge in [-0.2, -0.15) is 0 Å². The first-order valence-corrected chi connectivity index (χ1v) is 7.77. The molecule has 6 nitrogen and oxygen atoms in total. The molecule has 2 atom stereocenters. The van der Waals surface area contributed by atoms with Crippen LogP contribution in [0.2, 0.25) is 0 Å². The quantitative estimate of drug-likeness (QED) is 0.851. The molecule has 2 unspecified atom stereocenters. The molecule has 2 aromatic heterocycles. The van der Waals surface area contributed by atoms with Crippen LogP contribution in [0.1, 0.15) is 12.2 Å². The third-order valence-corrected chi connectivity index (χ3v) is 4.46. The number of fused-ring (bicyclic) bond motifs is 1. The van der Waals surface area contributed by atoms with Gasteiger partial charge in [0.05, 0.1) is 25.2 Å². The number of nitrogens with zero attached hydrogens (tertiary/aromatic N) is 4. The Labute approximate surface area is 129 Å². The molecule has 2 aliphatic heterocycles. The number of hydrogen-bond donors (Lipinski definition) is 0. The summed E-state index contributed by atoms with van der Waals surface area (Å²) in [6, 6.07) is 4.56. The molecule has 0 N–H and O–H groups in total. The third kappa shape index (κ3) is 2.98. The molecule has 2 aliphatic rings. The lowest BCUT2D eigenvalue weighted by Gasteiger charge is -2.36. The maximum atomic E-state index is 6.00. The van der Waals surface area contributed by atoms with Gasteiger partial charge in [-0.05, 0) is 12.1 Å². The van der Waals surface area contributed by atoms with E-state index in [2.05, 4.69) is 19.8 Å². The van der Waals surface area contributed by atoms with Crippen molar-refractivity contribution in [3.05, 3.63) is 42.9 Å². The fourth-order valence-corrected chi connectivity index (χ4v) is 3.45. The summed E-state index contributed by atoms with van der Waals surface area (Å²) in [5.74, 6) is 1.81. The van der Waals surface area contributed by atoms with Crippen molar-refractivity contribution in [1.82, 2.24) is 19.8 Å². The average Bonchev–Trinajstić information content (AvgIpc) is 3.17. The van der Waals surface area contributed by atoms with Crippen molar-refractivity contribution in [2.75, 3.05) is 26.2 Å². The molecular formula is C16H20N4O2. The Morgan fingerprint density at radius 1 is 1.23 bits per heavy atom. The van der Waals surface area contributed by atoms with E-state index in [0.717, 1.165) is 50.7 Å². The number of aromatic nitrogens is 2. The van der Waals surface area contributed by atoms with E-state index in [0.29, 0.717) is 6.04 Å². The van der Waals surface area contributed by atoms with Crippen LogP contribution in [0.15, 0.2) is 41.5 Å². The molecule has 4 rings (SSSR count). The molecule has 6 heteroatoms. The minimum Gasteiger partial charge on any atom is -0.486 e. The Morgan fingerprint density at radius 3 is 2.95 bits per heavy atom. The normalized spacial score (nSPS) is 26.0. The monoisotopic (exact) mass is 300 g/mol. The molecule has 0 saturated carbocycles. The van der Waals surface area contributed by atoms with Crippen molar-refractivity contribution in [2.45, 2.75) is 25.1 Å². The van der Waals surface area contributed by atoms with Crippen molar-refractivity contribution in [3.63, 3.8) is 0 Å². The van der Waals surface area contributed by atoms with E-state index in [4.69, 9.17) is 9.15 Å². The van der Waals surface area contributed by atoms with Crippen molar-refractivity contribution in [3.8, 4) is 5.75 Å². The molecule has 2 saturated heterocycles. The van der Waals surface area contributed by atoms with Gasteiger partial charge < -0.3 is 9.15 Å². The highest BCUT2D eigenvalue weighted by molar-refractivity contribution is 5.11. The Kier molecular flexibility index (Phi) is 3.78. The molecule has 0 aliphatic carbocycles. The predicted molar refractivity (Wildman–Crippen MR) is 80.4 cm³/mol. The zero-order valence-electron chi connectivity index (χ0n) is 12.5. The lowest BCUT2D eigenvalue weighted by Crippen LogP contribution is -2.49. The van der Waals surface area contributed by atoms with Gasteiger partial charge in [0.15, 0.2) is 5.75 Å². The first-order valence-electron chi connectivity index (χ1n) is 7.77. The van der Waals surface area contributed by atoms with E-state index in [9.17, 15) is 0 Å². The molecule has 4 heterocycles. The molecule has 22 heavy (non-hydrogen) atoms. The molecule has 0 bridgehead atoms. The number of rotatable bonds is 4. The van der Waals surface area contributed by atoms with Crippen LogP contribution < -0.4 is 4.74 Å². The Bertz CT molecular complexity index is 589. The molecule has 0 spiro atoms. The minimum atomic E-state index is 0.236. The fraction of sp³-hybridized carbons (Fsp3) is 0.500. The maximum Gasteiger partial charge on any atom is 0.156 e. The summed E-state index contributed by atoms with van der Waals surface area (Å²) in [6.07, 6.45) is 8.02. The van der Waals surface area contributed by atoms with Crippen molar-refractivity contribution < 1.29 is 9.15 Å². The van der Waals surface area contributed by atoms with Crippen molar-refractivity contribution >= 4 is 0 Å². The van der Waals surface area contributed by atoms with E-state index in [1.165, 1.54) is 6.33 Å². The van der Waals surface area contributed by atoms with Crippen molar-refractivity contribution in [1.29, 1.82) is 0 Å². The smallest absolute Gasteiger partial charge is 0.156 e. The molecular weight excluding hydrogens is 280 g/mol. The van der Waals surface area contributed by atoms with Crippen LogP contribution >= 0.6 is 0 Å². The van der Waals surface area contributed by atoms with Crippen LogP contribution in [-0.4, -0.2) is 58.1 Å². The van der Waals surface area contributed by atoms with Crippen LogP contribution in [0.25, 0.3) is 0 Å². The highest BCUT2D eigenvalue weighted by atomic mass is 16.5. The summed E-state index contributed by atoms with van der Waals surface area (Å²) in [7, 11) is 0. The number of ether oxygens (including phenoxy) is 1.